The Hall–Kier alpha value is -4.24. The van der Waals surface area contributed by atoms with Gasteiger partial charge < -0.3 is 14.6 Å². The molecule has 7 nitrogen and oxygen atoms in total. The molecule has 3 heterocycles. The number of fused-ring (bicyclic) bond motifs is 2. The highest BCUT2D eigenvalue weighted by molar-refractivity contribution is 7.22. The minimum absolute atomic E-state index is 0.0110. The molecule has 0 spiro atoms. The molecule has 9 heteroatoms. The lowest BCUT2D eigenvalue weighted by Crippen LogP contribution is -2.29. The molecule has 3 aromatic carbocycles. The summed E-state index contributed by atoms with van der Waals surface area (Å²) in [5.41, 5.74) is 2.39. The molecule has 4 aromatic rings. The van der Waals surface area contributed by atoms with Crippen LogP contribution in [0.4, 0.5) is 9.52 Å². The summed E-state index contributed by atoms with van der Waals surface area (Å²) in [6, 6.07) is 15.7. The molecule has 2 aliphatic heterocycles. The summed E-state index contributed by atoms with van der Waals surface area (Å²) in [6.45, 7) is 4.62. The number of unbranched alkanes of at least 4 members (excludes halogenated alkanes) is 2. The van der Waals surface area contributed by atoms with Crippen LogP contribution in [-0.4, -0.2) is 34.5 Å². The van der Waals surface area contributed by atoms with Crippen LogP contribution in [-0.2, 0) is 16.0 Å². The molecule has 1 N–H and O–H groups in total. The standard InChI is InChI=1S/C32H29FN2O5S/c1-3-4-5-13-39-23-8-6-7-19(16-23)28-27(29(36)20-9-12-25-21(15-20)14-18(2)40-25)30(37)31(38)35(28)32-34-24-11-10-22(33)17-26(24)41-32/h6-12,15-18,28,36H,3-5,13-14H2,1-2H3/t18-,28+/m0/s1. The highest BCUT2D eigenvalue weighted by Gasteiger charge is 2.48. The van der Waals surface area contributed by atoms with Crippen molar-refractivity contribution in [3.05, 3.63) is 88.7 Å². The van der Waals surface area contributed by atoms with E-state index in [-0.39, 0.29) is 22.6 Å². The number of rotatable bonds is 8. The van der Waals surface area contributed by atoms with Gasteiger partial charge in [-0.25, -0.2) is 9.37 Å². The largest absolute Gasteiger partial charge is 0.507 e. The van der Waals surface area contributed by atoms with Gasteiger partial charge in [0.2, 0.25) is 0 Å². The fourth-order valence-corrected chi connectivity index (χ4v) is 6.39. The molecule has 0 bridgehead atoms. The Bertz CT molecular complexity index is 1700. The number of Topliss-reactive ketones (excluding diaryl/α,β-unsaturated/α-hetero) is 1. The number of amides is 1. The van der Waals surface area contributed by atoms with E-state index in [1.807, 2.05) is 13.0 Å². The number of ketones is 1. The molecule has 1 aromatic heterocycles. The molecule has 6 rings (SSSR count). The Morgan fingerprint density at radius 3 is 2.83 bits per heavy atom. The first-order valence-electron chi connectivity index (χ1n) is 13.7. The third kappa shape index (κ3) is 5.06. The van der Waals surface area contributed by atoms with Crippen LogP contribution in [0.2, 0.25) is 0 Å². The van der Waals surface area contributed by atoms with Gasteiger partial charge in [0.15, 0.2) is 5.13 Å². The van der Waals surface area contributed by atoms with Crippen LogP contribution in [0, 0.1) is 5.82 Å². The van der Waals surface area contributed by atoms with Crippen LogP contribution in [0.1, 0.15) is 55.8 Å². The molecule has 1 fully saturated rings. The van der Waals surface area contributed by atoms with E-state index in [2.05, 4.69) is 11.9 Å². The van der Waals surface area contributed by atoms with Gasteiger partial charge in [-0.2, -0.15) is 0 Å². The van der Waals surface area contributed by atoms with Crippen molar-refractivity contribution in [3.63, 3.8) is 0 Å². The van der Waals surface area contributed by atoms with E-state index in [0.29, 0.717) is 40.1 Å². The molecule has 0 unspecified atom stereocenters. The van der Waals surface area contributed by atoms with E-state index in [1.165, 1.54) is 23.1 Å². The fraction of sp³-hybridized carbons (Fsp3) is 0.281. The summed E-state index contributed by atoms with van der Waals surface area (Å²) in [7, 11) is 0. The lowest BCUT2D eigenvalue weighted by Gasteiger charge is -2.23. The zero-order valence-corrected chi connectivity index (χ0v) is 23.5. The molecule has 0 radical (unpaired) electrons. The van der Waals surface area contributed by atoms with E-state index >= 15 is 0 Å². The van der Waals surface area contributed by atoms with E-state index in [9.17, 15) is 19.1 Å². The minimum atomic E-state index is -0.969. The van der Waals surface area contributed by atoms with Crippen LogP contribution < -0.4 is 14.4 Å². The number of carbonyl (C=O) groups is 2. The van der Waals surface area contributed by atoms with Crippen LogP contribution in [0.5, 0.6) is 11.5 Å². The van der Waals surface area contributed by atoms with Crippen LogP contribution in [0.15, 0.2) is 66.2 Å². The molecular formula is C32H29FN2O5S. The van der Waals surface area contributed by atoms with Crippen molar-refractivity contribution in [2.75, 3.05) is 11.5 Å². The summed E-state index contributed by atoms with van der Waals surface area (Å²) in [6.07, 6.45) is 3.70. The van der Waals surface area contributed by atoms with Gasteiger partial charge in [-0.05, 0) is 73.0 Å². The SMILES string of the molecule is CCCCCOc1cccc([C@@H]2C(=C(O)c3ccc4c(c3)C[C@H](C)O4)C(=O)C(=O)N2c2nc3ccc(F)cc3s2)c1. The van der Waals surface area contributed by atoms with E-state index in [1.54, 1.807) is 36.4 Å². The minimum Gasteiger partial charge on any atom is -0.507 e. The molecular weight excluding hydrogens is 543 g/mol. The van der Waals surface area contributed by atoms with Crippen LogP contribution in [0.25, 0.3) is 16.0 Å². The third-order valence-corrected chi connectivity index (χ3v) is 8.37. The topological polar surface area (TPSA) is 89.0 Å². The summed E-state index contributed by atoms with van der Waals surface area (Å²) in [5, 5.41) is 11.8. The van der Waals surface area contributed by atoms with E-state index in [0.717, 1.165) is 41.9 Å². The Kier molecular flexibility index (Phi) is 7.21. The zero-order chi connectivity index (χ0) is 28.7. The Morgan fingerprint density at radius 1 is 1.15 bits per heavy atom. The zero-order valence-electron chi connectivity index (χ0n) is 22.7. The molecule has 2 aliphatic rings. The summed E-state index contributed by atoms with van der Waals surface area (Å²) in [5.74, 6) is -1.01. The summed E-state index contributed by atoms with van der Waals surface area (Å²) in [4.78, 5) is 33.1. The lowest BCUT2D eigenvalue weighted by atomic mass is 9.94. The molecule has 2 atom stereocenters. The monoisotopic (exact) mass is 572 g/mol. The van der Waals surface area contributed by atoms with Gasteiger partial charge in [0.05, 0.1) is 28.4 Å². The summed E-state index contributed by atoms with van der Waals surface area (Å²) < 4.78 is 26.3. The number of hydrogen-bond acceptors (Lipinski definition) is 7. The second kappa shape index (κ2) is 11.0. The Morgan fingerprint density at radius 2 is 2.00 bits per heavy atom. The second-order valence-corrected chi connectivity index (χ2v) is 11.4. The van der Waals surface area contributed by atoms with Gasteiger partial charge in [0, 0.05) is 12.0 Å². The van der Waals surface area contributed by atoms with Crippen molar-refractivity contribution in [1.29, 1.82) is 0 Å². The number of benzene rings is 3. The molecule has 1 saturated heterocycles. The van der Waals surface area contributed by atoms with Crippen molar-refractivity contribution < 1.29 is 28.6 Å². The number of carbonyl (C=O) groups excluding carboxylic acids is 2. The van der Waals surface area contributed by atoms with Crippen molar-refractivity contribution in [2.24, 2.45) is 0 Å². The quantitative estimate of drug-likeness (QED) is 0.106. The van der Waals surface area contributed by atoms with Crippen molar-refractivity contribution >= 4 is 44.1 Å². The number of thiazole rings is 1. The molecule has 0 saturated carbocycles. The molecule has 0 aliphatic carbocycles. The first-order valence-corrected chi connectivity index (χ1v) is 14.6. The fourth-order valence-electron chi connectivity index (χ4n) is 5.38. The molecule has 210 valence electrons. The van der Waals surface area contributed by atoms with Gasteiger partial charge in [-0.1, -0.05) is 43.2 Å². The van der Waals surface area contributed by atoms with Crippen molar-refractivity contribution in [3.8, 4) is 11.5 Å². The first kappa shape index (κ1) is 27.0. The van der Waals surface area contributed by atoms with Gasteiger partial charge in [0.1, 0.15) is 29.2 Å². The number of aliphatic hydroxyl groups excluding tert-OH is 1. The first-order chi connectivity index (χ1) is 19.8. The lowest BCUT2D eigenvalue weighted by molar-refractivity contribution is -0.132. The Balaban J connectivity index is 1.47. The number of aromatic nitrogens is 1. The normalized spacial score (nSPS) is 19.5. The number of anilines is 1. The highest BCUT2D eigenvalue weighted by atomic mass is 32.1. The summed E-state index contributed by atoms with van der Waals surface area (Å²) >= 11 is 1.11. The van der Waals surface area contributed by atoms with Gasteiger partial charge in [-0.3, -0.25) is 14.5 Å². The number of aliphatic hydroxyl groups is 1. The van der Waals surface area contributed by atoms with Crippen LogP contribution in [0.3, 0.4) is 0 Å². The smallest absolute Gasteiger partial charge is 0.301 e. The number of nitrogens with zero attached hydrogens (tertiary/aromatic N) is 2. The number of hydrogen-bond donors (Lipinski definition) is 1. The third-order valence-electron chi connectivity index (χ3n) is 7.35. The Labute approximate surface area is 240 Å². The predicted octanol–water partition coefficient (Wildman–Crippen LogP) is 6.95. The van der Waals surface area contributed by atoms with Gasteiger partial charge in [-0.15, -0.1) is 0 Å². The molecule has 41 heavy (non-hydrogen) atoms. The van der Waals surface area contributed by atoms with E-state index in [4.69, 9.17) is 9.47 Å². The number of halogens is 1. The number of ether oxygens (including phenoxy) is 2. The predicted molar refractivity (Wildman–Crippen MR) is 156 cm³/mol. The maximum Gasteiger partial charge on any atom is 0.301 e. The van der Waals surface area contributed by atoms with Crippen LogP contribution >= 0.6 is 11.3 Å². The highest BCUT2D eigenvalue weighted by Crippen LogP contribution is 2.45. The second-order valence-electron chi connectivity index (χ2n) is 10.4. The van der Waals surface area contributed by atoms with Gasteiger partial charge >= 0.3 is 5.91 Å². The van der Waals surface area contributed by atoms with E-state index < -0.39 is 23.5 Å². The molecule has 1 amide bonds. The maximum atomic E-state index is 14.0. The maximum absolute atomic E-state index is 14.0. The average Bonchev–Trinajstić information content (AvgIpc) is 3.62. The average molecular weight is 573 g/mol. The van der Waals surface area contributed by atoms with Crippen molar-refractivity contribution in [1.82, 2.24) is 4.98 Å². The van der Waals surface area contributed by atoms with Gasteiger partial charge in [0.25, 0.3) is 5.78 Å². The van der Waals surface area contributed by atoms with Crippen molar-refractivity contribution in [2.45, 2.75) is 51.7 Å².